The molecule has 2 aliphatic rings. The third kappa shape index (κ3) is 3.44. The number of aliphatic hydroxyl groups is 1. The number of aromatic nitrogens is 3. The number of piperidine rings is 1. The molecule has 7 heteroatoms. The lowest BCUT2D eigenvalue weighted by atomic mass is 9.97. The number of nitrogens with zero attached hydrogens (tertiary/aromatic N) is 5. The van der Waals surface area contributed by atoms with E-state index in [1.54, 1.807) is 12.4 Å². The molecule has 0 aliphatic carbocycles. The number of likely N-dealkylation sites (tertiary alicyclic amines) is 2. The molecule has 7 nitrogen and oxygen atoms in total. The molecule has 134 valence electrons. The molecule has 0 saturated carbocycles. The lowest BCUT2D eigenvalue weighted by Gasteiger charge is -2.35. The molecule has 2 saturated heterocycles. The highest BCUT2D eigenvalue weighted by Crippen LogP contribution is 2.35. The van der Waals surface area contributed by atoms with Crippen LogP contribution in [0.15, 0.2) is 29.0 Å². The van der Waals surface area contributed by atoms with Crippen LogP contribution in [0.25, 0.3) is 11.4 Å². The van der Waals surface area contributed by atoms with Crippen molar-refractivity contribution in [3.8, 4) is 11.4 Å². The molecular weight excluding hydrogens is 318 g/mol. The monoisotopic (exact) mass is 343 g/mol. The van der Waals surface area contributed by atoms with E-state index in [0.717, 1.165) is 31.7 Å². The van der Waals surface area contributed by atoms with Crippen molar-refractivity contribution in [1.82, 2.24) is 24.9 Å². The summed E-state index contributed by atoms with van der Waals surface area (Å²) in [5.41, 5.74) is 0.899. The Hall–Kier alpha value is -1.83. The Bertz CT molecular complexity index is 684. The molecule has 2 aromatic rings. The minimum atomic E-state index is 0.104. The number of aliphatic hydroxyl groups excluding tert-OH is 1. The van der Waals surface area contributed by atoms with Gasteiger partial charge in [0.15, 0.2) is 0 Å². The van der Waals surface area contributed by atoms with Crippen LogP contribution in [-0.4, -0.2) is 75.9 Å². The minimum absolute atomic E-state index is 0.104. The molecule has 2 aromatic heterocycles. The fourth-order valence-corrected chi connectivity index (χ4v) is 4.03. The lowest BCUT2D eigenvalue weighted by Crippen LogP contribution is -2.42. The standard InChI is InChI=1S/C18H25N5O2/c1-22-8-4-15(5-9-22)23-10-14(12-24)16(11-23)18-20-17(21-25-18)13-2-6-19-7-3-13/h2-3,6-7,14-16,24H,4-5,8-12H2,1H3/t14-,16+/m0/s1. The average molecular weight is 343 g/mol. The summed E-state index contributed by atoms with van der Waals surface area (Å²) >= 11 is 0. The average Bonchev–Trinajstić information content (AvgIpc) is 3.30. The largest absolute Gasteiger partial charge is 0.396 e. The maximum absolute atomic E-state index is 9.85. The number of hydrogen-bond acceptors (Lipinski definition) is 7. The maximum atomic E-state index is 9.85. The van der Waals surface area contributed by atoms with Gasteiger partial charge in [-0.05, 0) is 45.1 Å². The Labute approximate surface area is 147 Å². The number of pyridine rings is 1. The summed E-state index contributed by atoms with van der Waals surface area (Å²) in [6, 6.07) is 4.34. The van der Waals surface area contributed by atoms with E-state index in [4.69, 9.17) is 4.52 Å². The number of rotatable bonds is 4. The molecule has 0 unspecified atom stereocenters. The Morgan fingerprint density at radius 1 is 1.20 bits per heavy atom. The van der Waals surface area contributed by atoms with Crippen LogP contribution in [0.1, 0.15) is 24.7 Å². The topological polar surface area (TPSA) is 78.5 Å². The summed E-state index contributed by atoms with van der Waals surface area (Å²) in [6.45, 7) is 4.23. The highest BCUT2D eigenvalue weighted by atomic mass is 16.5. The van der Waals surface area contributed by atoms with Crippen molar-refractivity contribution in [1.29, 1.82) is 0 Å². The Balaban J connectivity index is 1.49. The molecule has 4 rings (SSSR count). The van der Waals surface area contributed by atoms with E-state index < -0.39 is 0 Å². The van der Waals surface area contributed by atoms with E-state index >= 15 is 0 Å². The highest BCUT2D eigenvalue weighted by Gasteiger charge is 2.40. The van der Waals surface area contributed by atoms with Crippen molar-refractivity contribution in [3.05, 3.63) is 30.4 Å². The van der Waals surface area contributed by atoms with E-state index in [-0.39, 0.29) is 18.4 Å². The smallest absolute Gasteiger partial charge is 0.231 e. The van der Waals surface area contributed by atoms with Gasteiger partial charge in [-0.1, -0.05) is 5.16 Å². The van der Waals surface area contributed by atoms with E-state index in [2.05, 4.69) is 32.0 Å². The van der Waals surface area contributed by atoms with Crippen LogP contribution in [0.5, 0.6) is 0 Å². The molecule has 2 fully saturated rings. The summed E-state index contributed by atoms with van der Waals surface area (Å²) < 4.78 is 5.56. The molecule has 2 atom stereocenters. The Morgan fingerprint density at radius 2 is 1.96 bits per heavy atom. The third-order valence-corrected chi connectivity index (χ3v) is 5.61. The zero-order valence-electron chi connectivity index (χ0n) is 14.6. The normalized spacial score (nSPS) is 26.3. The molecule has 0 bridgehead atoms. The van der Waals surface area contributed by atoms with Crippen LogP contribution in [0.2, 0.25) is 0 Å². The third-order valence-electron chi connectivity index (χ3n) is 5.61. The van der Waals surface area contributed by atoms with Crippen molar-refractivity contribution in [2.75, 3.05) is 39.8 Å². The SMILES string of the molecule is CN1CCC(N2C[C@@H](CO)[C@H](c3nc(-c4ccncc4)no3)C2)CC1. The Kier molecular flexibility index (Phi) is 4.78. The lowest BCUT2D eigenvalue weighted by molar-refractivity contribution is 0.133. The van der Waals surface area contributed by atoms with E-state index in [1.807, 2.05) is 12.1 Å². The maximum Gasteiger partial charge on any atom is 0.231 e. The first-order valence-corrected chi connectivity index (χ1v) is 9.02. The second-order valence-corrected chi connectivity index (χ2v) is 7.23. The predicted octanol–water partition coefficient (Wildman–Crippen LogP) is 1.23. The van der Waals surface area contributed by atoms with Gasteiger partial charge in [0.25, 0.3) is 0 Å². The first kappa shape index (κ1) is 16.6. The van der Waals surface area contributed by atoms with Gasteiger partial charge in [0.05, 0.1) is 5.92 Å². The fourth-order valence-electron chi connectivity index (χ4n) is 4.03. The van der Waals surface area contributed by atoms with E-state index in [9.17, 15) is 5.11 Å². The first-order valence-electron chi connectivity index (χ1n) is 9.02. The molecule has 4 heterocycles. The van der Waals surface area contributed by atoms with Crippen LogP contribution in [0.4, 0.5) is 0 Å². The van der Waals surface area contributed by atoms with Crippen molar-refractivity contribution in [2.24, 2.45) is 5.92 Å². The van der Waals surface area contributed by atoms with Gasteiger partial charge in [0, 0.05) is 49.6 Å². The van der Waals surface area contributed by atoms with Crippen LogP contribution in [0.3, 0.4) is 0 Å². The van der Waals surface area contributed by atoms with Gasteiger partial charge >= 0.3 is 0 Å². The molecule has 2 aliphatic heterocycles. The summed E-state index contributed by atoms with van der Waals surface area (Å²) in [5, 5.41) is 14.0. The molecule has 25 heavy (non-hydrogen) atoms. The summed E-state index contributed by atoms with van der Waals surface area (Å²) in [5.74, 6) is 1.49. The van der Waals surface area contributed by atoms with E-state index in [1.165, 1.54) is 12.8 Å². The first-order chi connectivity index (χ1) is 12.2. The van der Waals surface area contributed by atoms with Gasteiger partial charge < -0.3 is 14.5 Å². The van der Waals surface area contributed by atoms with Gasteiger partial charge in [-0.2, -0.15) is 4.98 Å². The summed E-state index contributed by atoms with van der Waals surface area (Å²) in [6.07, 6.45) is 5.82. The van der Waals surface area contributed by atoms with Gasteiger partial charge in [-0.25, -0.2) is 0 Å². The fraction of sp³-hybridized carbons (Fsp3) is 0.611. The van der Waals surface area contributed by atoms with Crippen LogP contribution in [0, 0.1) is 5.92 Å². The van der Waals surface area contributed by atoms with Crippen molar-refractivity contribution >= 4 is 0 Å². The summed E-state index contributed by atoms with van der Waals surface area (Å²) in [4.78, 5) is 13.5. The van der Waals surface area contributed by atoms with E-state index in [0.29, 0.717) is 17.8 Å². The van der Waals surface area contributed by atoms with Crippen molar-refractivity contribution in [2.45, 2.75) is 24.8 Å². The molecule has 0 radical (unpaired) electrons. The minimum Gasteiger partial charge on any atom is -0.396 e. The second-order valence-electron chi connectivity index (χ2n) is 7.23. The number of hydrogen-bond donors (Lipinski definition) is 1. The highest BCUT2D eigenvalue weighted by molar-refractivity contribution is 5.52. The van der Waals surface area contributed by atoms with Gasteiger partial charge in [-0.3, -0.25) is 9.88 Å². The second kappa shape index (κ2) is 7.19. The van der Waals surface area contributed by atoms with Gasteiger partial charge in [0.2, 0.25) is 11.7 Å². The van der Waals surface area contributed by atoms with Gasteiger partial charge in [-0.15, -0.1) is 0 Å². The molecule has 0 aromatic carbocycles. The summed E-state index contributed by atoms with van der Waals surface area (Å²) in [7, 11) is 2.18. The van der Waals surface area contributed by atoms with Crippen molar-refractivity contribution in [3.63, 3.8) is 0 Å². The Morgan fingerprint density at radius 3 is 2.68 bits per heavy atom. The molecule has 1 N–H and O–H groups in total. The molecule has 0 amide bonds. The van der Waals surface area contributed by atoms with Crippen LogP contribution in [-0.2, 0) is 0 Å². The van der Waals surface area contributed by atoms with Crippen molar-refractivity contribution < 1.29 is 9.63 Å². The zero-order chi connectivity index (χ0) is 17.2. The zero-order valence-corrected chi connectivity index (χ0v) is 14.6. The van der Waals surface area contributed by atoms with Gasteiger partial charge in [0.1, 0.15) is 0 Å². The molecule has 0 spiro atoms. The molecular formula is C18H25N5O2. The van der Waals surface area contributed by atoms with Crippen LogP contribution >= 0.6 is 0 Å². The quantitative estimate of drug-likeness (QED) is 0.894. The van der Waals surface area contributed by atoms with Crippen LogP contribution < -0.4 is 0 Å². The predicted molar refractivity (Wildman–Crippen MR) is 92.9 cm³/mol.